The number of aromatic amines is 1. The van der Waals surface area contributed by atoms with Gasteiger partial charge in [-0.05, 0) is 62.5 Å². The van der Waals surface area contributed by atoms with Crippen LogP contribution < -0.4 is 5.32 Å². The molecule has 0 unspecified atom stereocenters. The first-order valence-corrected chi connectivity index (χ1v) is 7.77. The van der Waals surface area contributed by atoms with Crippen molar-refractivity contribution in [3.63, 3.8) is 0 Å². The van der Waals surface area contributed by atoms with Crippen molar-refractivity contribution in [2.45, 2.75) is 25.7 Å². The van der Waals surface area contributed by atoms with Gasteiger partial charge in [-0.25, -0.2) is 4.79 Å². The summed E-state index contributed by atoms with van der Waals surface area (Å²) in [4.78, 5) is 15.5. The van der Waals surface area contributed by atoms with Crippen molar-refractivity contribution >= 4 is 28.5 Å². The Bertz CT molecular complexity index is 660. The van der Waals surface area contributed by atoms with Crippen molar-refractivity contribution in [2.24, 2.45) is 0 Å². The van der Waals surface area contributed by atoms with Gasteiger partial charge in [0.25, 0.3) is 0 Å². The van der Waals surface area contributed by atoms with Gasteiger partial charge < -0.3 is 15.0 Å². The molecule has 1 aliphatic heterocycles. The third kappa shape index (κ3) is 2.78. The number of piperidine rings is 1. The predicted octanol–water partition coefficient (Wildman–Crippen LogP) is 3.47. The van der Waals surface area contributed by atoms with Gasteiger partial charge in [0, 0.05) is 15.9 Å². The van der Waals surface area contributed by atoms with Crippen LogP contribution in [0.3, 0.4) is 0 Å². The van der Waals surface area contributed by atoms with Crippen molar-refractivity contribution < 1.29 is 9.53 Å². The number of H-pyrrole nitrogens is 1. The molecule has 0 saturated carbocycles. The van der Waals surface area contributed by atoms with Crippen LogP contribution in [0.4, 0.5) is 0 Å². The number of carbonyl (C=O) groups excluding carboxylic acids is 1. The third-order valence-electron chi connectivity index (χ3n) is 4.03. The molecule has 3 rings (SSSR count). The summed E-state index contributed by atoms with van der Waals surface area (Å²) >= 11 is 6.14. The lowest BCUT2D eigenvalue weighted by atomic mass is 9.88. The molecule has 112 valence electrons. The van der Waals surface area contributed by atoms with Gasteiger partial charge in [-0.3, -0.25) is 0 Å². The Morgan fingerprint density at radius 3 is 2.86 bits per heavy atom. The number of benzene rings is 1. The van der Waals surface area contributed by atoms with E-state index in [0.717, 1.165) is 42.4 Å². The monoisotopic (exact) mass is 306 g/mol. The molecule has 1 aromatic heterocycles. The standard InChI is InChI=1S/C16H19ClN2O2/c1-2-21-16(20)15-14(10-5-7-18-8-6-10)12-9-11(17)3-4-13(12)19-15/h3-4,9-10,18-19H,2,5-8H2,1H3. The number of halogens is 1. The minimum absolute atomic E-state index is 0.279. The predicted molar refractivity (Wildman–Crippen MR) is 84.1 cm³/mol. The zero-order chi connectivity index (χ0) is 14.8. The first-order chi connectivity index (χ1) is 10.2. The van der Waals surface area contributed by atoms with Crippen LogP contribution in [-0.2, 0) is 4.74 Å². The average Bonchev–Trinajstić information content (AvgIpc) is 2.87. The number of aromatic nitrogens is 1. The molecule has 2 aromatic rings. The van der Waals surface area contributed by atoms with E-state index in [9.17, 15) is 4.79 Å². The highest BCUT2D eigenvalue weighted by Gasteiger charge is 2.26. The number of hydrogen-bond acceptors (Lipinski definition) is 3. The maximum atomic E-state index is 12.3. The van der Waals surface area contributed by atoms with Crippen LogP contribution in [0.1, 0.15) is 41.7 Å². The van der Waals surface area contributed by atoms with Crippen molar-refractivity contribution in [1.29, 1.82) is 0 Å². The highest BCUT2D eigenvalue weighted by atomic mass is 35.5. The topological polar surface area (TPSA) is 54.1 Å². The normalized spacial score (nSPS) is 16.3. The van der Waals surface area contributed by atoms with E-state index < -0.39 is 0 Å². The molecule has 0 bridgehead atoms. The van der Waals surface area contributed by atoms with Gasteiger partial charge >= 0.3 is 5.97 Å². The Morgan fingerprint density at radius 2 is 2.14 bits per heavy atom. The van der Waals surface area contributed by atoms with E-state index in [1.54, 1.807) is 0 Å². The highest BCUT2D eigenvalue weighted by molar-refractivity contribution is 6.31. The summed E-state index contributed by atoms with van der Waals surface area (Å²) in [7, 11) is 0. The minimum Gasteiger partial charge on any atom is -0.461 e. The van der Waals surface area contributed by atoms with Crippen LogP contribution in [0.2, 0.25) is 5.02 Å². The lowest BCUT2D eigenvalue weighted by molar-refractivity contribution is 0.0518. The molecule has 0 radical (unpaired) electrons. The van der Waals surface area contributed by atoms with Crippen molar-refractivity contribution in [3.05, 3.63) is 34.5 Å². The molecule has 1 aromatic carbocycles. The van der Waals surface area contributed by atoms with Crippen LogP contribution in [0, 0.1) is 0 Å². The SMILES string of the molecule is CCOC(=O)c1[nH]c2ccc(Cl)cc2c1C1CCNCC1. The molecular formula is C16H19ClN2O2. The molecule has 0 spiro atoms. The Kier molecular flexibility index (Phi) is 4.17. The molecule has 0 atom stereocenters. The number of nitrogens with one attached hydrogen (secondary N) is 2. The van der Waals surface area contributed by atoms with Gasteiger partial charge in [0.15, 0.2) is 0 Å². The lowest BCUT2D eigenvalue weighted by Crippen LogP contribution is -2.27. The van der Waals surface area contributed by atoms with Gasteiger partial charge in [-0.2, -0.15) is 0 Å². The quantitative estimate of drug-likeness (QED) is 0.854. The Balaban J connectivity index is 2.13. The largest absolute Gasteiger partial charge is 0.461 e. The van der Waals surface area contributed by atoms with Gasteiger partial charge in [0.05, 0.1) is 6.61 Å². The fraction of sp³-hybridized carbons (Fsp3) is 0.438. The molecule has 1 saturated heterocycles. The maximum Gasteiger partial charge on any atom is 0.355 e. The van der Waals surface area contributed by atoms with E-state index in [2.05, 4.69) is 10.3 Å². The summed E-state index contributed by atoms with van der Waals surface area (Å²) in [5.41, 5.74) is 2.59. The number of carbonyl (C=O) groups is 1. The Labute approximate surface area is 128 Å². The maximum absolute atomic E-state index is 12.3. The van der Waals surface area contributed by atoms with Gasteiger partial charge in [0.1, 0.15) is 5.69 Å². The van der Waals surface area contributed by atoms with Crippen LogP contribution in [0.25, 0.3) is 10.9 Å². The van der Waals surface area contributed by atoms with E-state index in [4.69, 9.17) is 16.3 Å². The summed E-state index contributed by atoms with van der Waals surface area (Å²) < 4.78 is 5.20. The third-order valence-corrected chi connectivity index (χ3v) is 4.26. The zero-order valence-corrected chi connectivity index (χ0v) is 12.8. The summed E-state index contributed by atoms with van der Waals surface area (Å²) in [6.45, 7) is 4.14. The van der Waals surface area contributed by atoms with E-state index in [1.807, 2.05) is 25.1 Å². The lowest BCUT2D eigenvalue weighted by Gasteiger charge is -2.23. The minimum atomic E-state index is -0.279. The van der Waals surface area contributed by atoms with Crippen LogP contribution >= 0.6 is 11.6 Å². The molecule has 5 heteroatoms. The first kappa shape index (κ1) is 14.4. The number of ether oxygens (including phenoxy) is 1. The Hall–Kier alpha value is -1.52. The van der Waals surface area contributed by atoms with E-state index in [1.165, 1.54) is 0 Å². The molecule has 2 N–H and O–H groups in total. The molecule has 21 heavy (non-hydrogen) atoms. The first-order valence-electron chi connectivity index (χ1n) is 7.39. The molecule has 0 amide bonds. The van der Waals surface area contributed by atoms with Crippen molar-refractivity contribution in [3.8, 4) is 0 Å². The number of fused-ring (bicyclic) bond motifs is 1. The number of hydrogen-bond donors (Lipinski definition) is 2. The second kappa shape index (κ2) is 6.08. The zero-order valence-electron chi connectivity index (χ0n) is 12.0. The van der Waals surface area contributed by atoms with Crippen LogP contribution in [0.15, 0.2) is 18.2 Å². The number of esters is 1. The van der Waals surface area contributed by atoms with Gasteiger partial charge in [0.2, 0.25) is 0 Å². The molecule has 1 fully saturated rings. The van der Waals surface area contributed by atoms with Crippen LogP contribution in [-0.4, -0.2) is 30.6 Å². The van der Waals surface area contributed by atoms with Crippen molar-refractivity contribution in [1.82, 2.24) is 10.3 Å². The van der Waals surface area contributed by atoms with Crippen LogP contribution in [0.5, 0.6) is 0 Å². The molecule has 1 aliphatic rings. The second-order valence-electron chi connectivity index (χ2n) is 5.35. The number of rotatable bonds is 3. The summed E-state index contributed by atoms with van der Waals surface area (Å²) in [6.07, 6.45) is 2.04. The smallest absolute Gasteiger partial charge is 0.355 e. The van der Waals surface area contributed by atoms with E-state index in [0.29, 0.717) is 23.2 Å². The summed E-state index contributed by atoms with van der Waals surface area (Å²) in [5.74, 6) is 0.0798. The van der Waals surface area contributed by atoms with Gasteiger partial charge in [-0.1, -0.05) is 11.6 Å². The highest BCUT2D eigenvalue weighted by Crippen LogP contribution is 2.36. The molecule has 4 nitrogen and oxygen atoms in total. The summed E-state index contributed by atoms with van der Waals surface area (Å²) in [6, 6.07) is 5.69. The van der Waals surface area contributed by atoms with E-state index >= 15 is 0 Å². The van der Waals surface area contributed by atoms with Crippen molar-refractivity contribution in [2.75, 3.05) is 19.7 Å². The Morgan fingerprint density at radius 1 is 1.38 bits per heavy atom. The van der Waals surface area contributed by atoms with E-state index in [-0.39, 0.29) is 5.97 Å². The van der Waals surface area contributed by atoms with Gasteiger partial charge in [-0.15, -0.1) is 0 Å². The fourth-order valence-electron chi connectivity index (χ4n) is 3.08. The second-order valence-corrected chi connectivity index (χ2v) is 5.78. The summed E-state index contributed by atoms with van der Waals surface area (Å²) in [5, 5.41) is 5.08. The fourth-order valence-corrected chi connectivity index (χ4v) is 3.26. The molecule has 2 heterocycles. The molecule has 0 aliphatic carbocycles. The average molecular weight is 307 g/mol. The molecular weight excluding hydrogens is 288 g/mol.